The molecule has 1 N–H and O–H groups in total. The molecule has 172 valence electrons. The van der Waals surface area contributed by atoms with Crippen molar-refractivity contribution < 1.29 is 0 Å². The van der Waals surface area contributed by atoms with E-state index in [9.17, 15) is 4.79 Å². The van der Waals surface area contributed by atoms with Crippen LogP contribution in [0.4, 0.5) is 0 Å². The van der Waals surface area contributed by atoms with Crippen molar-refractivity contribution in [3.05, 3.63) is 106 Å². The van der Waals surface area contributed by atoms with E-state index in [4.69, 9.17) is 11.6 Å². The third kappa shape index (κ3) is 4.00. The van der Waals surface area contributed by atoms with Crippen LogP contribution in [0.15, 0.2) is 89.1 Å². The van der Waals surface area contributed by atoms with E-state index in [-0.39, 0.29) is 5.56 Å². The first-order valence-corrected chi connectivity index (χ1v) is 12.3. The fourth-order valence-corrected chi connectivity index (χ4v) is 5.05. The Morgan fingerprint density at radius 3 is 2.71 bits per heavy atom. The van der Waals surface area contributed by atoms with Crippen molar-refractivity contribution >= 4 is 39.9 Å². The van der Waals surface area contributed by atoms with Gasteiger partial charge in [0.2, 0.25) is 0 Å². The van der Waals surface area contributed by atoms with E-state index in [2.05, 4.69) is 26.2 Å². The summed E-state index contributed by atoms with van der Waals surface area (Å²) in [6, 6.07) is 21.0. The Hall–Kier alpha value is -3.88. The molecule has 0 radical (unpaired) electrons. The van der Waals surface area contributed by atoms with Gasteiger partial charge < -0.3 is 4.98 Å². The number of thioether (sulfide) groups is 1. The van der Waals surface area contributed by atoms with Gasteiger partial charge in [-0.1, -0.05) is 41.6 Å². The van der Waals surface area contributed by atoms with Crippen LogP contribution in [0.1, 0.15) is 11.3 Å². The molecule has 0 aliphatic rings. The molecule has 7 nitrogen and oxygen atoms in total. The quantitative estimate of drug-likeness (QED) is 0.309. The van der Waals surface area contributed by atoms with Gasteiger partial charge in [0.15, 0.2) is 11.0 Å². The SMILES string of the molecule is Cc1ccn2c(=O)cc(CSc3nnc(-c4c[nH]c5ccccc45)n3-c3ccc(Cl)cc3)nc2c1. The summed E-state index contributed by atoms with van der Waals surface area (Å²) in [5.41, 5.74) is 5.13. The van der Waals surface area contributed by atoms with Crippen LogP contribution in [-0.4, -0.2) is 29.1 Å². The van der Waals surface area contributed by atoms with Gasteiger partial charge in [-0.15, -0.1) is 10.2 Å². The second kappa shape index (κ2) is 8.72. The van der Waals surface area contributed by atoms with Crippen LogP contribution in [0.3, 0.4) is 0 Å². The molecule has 2 aromatic carbocycles. The smallest absolute Gasteiger partial charge is 0.258 e. The molecule has 35 heavy (non-hydrogen) atoms. The zero-order chi connectivity index (χ0) is 23.9. The zero-order valence-corrected chi connectivity index (χ0v) is 20.2. The van der Waals surface area contributed by atoms with Crippen molar-refractivity contribution in [2.45, 2.75) is 17.8 Å². The number of benzene rings is 2. The number of hydrogen-bond acceptors (Lipinski definition) is 5. The van der Waals surface area contributed by atoms with Crippen LogP contribution in [0, 0.1) is 6.92 Å². The van der Waals surface area contributed by atoms with Gasteiger partial charge in [-0.3, -0.25) is 13.8 Å². The van der Waals surface area contributed by atoms with E-state index in [1.807, 2.05) is 72.3 Å². The van der Waals surface area contributed by atoms with E-state index in [0.29, 0.717) is 27.3 Å². The second-order valence-corrected chi connectivity index (χ2v) is 9.55. The summed E-state index contributed by atoms with van der Waals surface area (Å²) in [5.74, 6) is 1.19. The fourth-order valence-electron chi connectivity index (χ4n) is 4.08. The number of rotatable bonds is 5. The number of para-hydroxylation sites is 1. The van der Waals surface area contributed by atoms with E-state index < -0.39 is 0 Å². The number of hydrogen-bond donors (Lipinski definition) is 1. The Morgan fingerprint density at radius 2 is 1.86 bits per heavy atom. The minimum absolute atomic E-state index is 0.107. The summed E-state index contributed by atoms with van der Waals surface area (Å²) in [6.45, 7) is 1.98. The third-order valence-corrected chi connectivity index (χ3v) is 6.99. The van der Waals surface area contributed by atoms with Crippen molar-refractivity contribution in [1.82, 2.24) is 29.1 Å². The number of H-pyrrole nitrogens is 1. The number of aryl methyl sites for hydroxylation is 1. The van der Waals surface area contributed by atoms with Crippen LogP contribution in [0.2, 0.25) is 5.02 Å². The van der Waals surface area contributed by atoms with E-state index >= 15 is 0 Å². The molecule has 6 rings (SSSR count). The minimum atomic E-state index is -0.107. The standard InChI is InChI=1S/C26H19ClN6OS/c1-16-10-11-32-23(12-16)29-18(13-24(32)34)15-35-26-31-30-25(33(26)19-8-6-17(27)7-9-19)21-14-28-22-5-3-2-4-20(21)22/h2-14,28H,15H2,1H3. The predicted octanol–water partition coefficient (Wildman–Crippen LogP) is 5.68. The summed E-state index contributed by atoms with van der Waals surface area (Å²) in [7, 11) is 0. The number of fused-ring (bicyclic) bond motifs is 2. The van der Waals surface area contributed by atoms with Crippen molar-refractivity contribution in [2.75, 3.05) is 0 Å². The van der Waals surface area contributed by atoms with Crippen molar-refractivity contribution in [3.8, 4) is 17.1 Å². The average molecular weight is 499 g/mol. The highest BCUT2D eigenvalue weighted by Crippen LogP contribution is 2.33. The zero-order valence-electron chi connectivity index (χ0n) is 18.6. The summed E-state index contributed by atoms with van der Waals surface area (Å²) in [6.07, 6.45) is 3.70. The Labute approximate surface area is 209 Å². The number of halogens is 1. The molecule has 0 saturated carbocycles. The third-order valence-electron chi connectivity index (χ3n) is 5.77. The summed E-state index contributed by atoms with van der Waals surface area (Å²) >= 11 is 7.63. The number of nitrogens with zero attached hydrogens (tertiary/aromatic N) is 5. The first-order chi connectivity index (χ1) is 17.1. The summed E-state index contributed by atoms with van der Waals surface area (Å²) in [4.78, 5) is 20.6. The van der Waals surface area contributed by atoms with Gasteiger partial charge in [0.25, 0.3) is 5.56 Å². The molecular formula is C26H19ClN6OS. The van der Waals surface area contributed by atoms with E-state index in [1.54, 1.807) is 16.7 Å². The Kier molecular flexibility index (Phi) is 5.39. The molecule has 4 aromatic heterocycles. The average Bonchev–Trinajstić information content (AvgIpc) is 3.47. The largest absolute Gasteiger partial charge is 0.360 e. The first kappa shape index (κ1) is 21.6. The van der Waals surface area contributed by atoms with Gasteiger partial charge >= 0.3 is 0 Å². The molecule has 0 bridgehead atoms. The van der Waals surface area contributed by atoms with Crippen molar-refractivity contribution in [2.24, 2.45) is 0 Å². The molecular weight excluding hydrogens is 480 g/mol. The van der Waals surface area contributed by atoms with E-state index in [0.717, 1.165) is 33.5 Å². The topological polar surface area (TPSA) is 80.9 Å². The highest BCUT2D eigenvalue weighted by molar-refractivity contribution is 7.98. The molecule has 6 aromatic rings. The van der Waals surface area contributed by atoms with Gasteiger partial charge in [-0.05, 0) is 55.0 Å². The first-order valence-electron chi connectivity index (χ1n) is 11.0. The molecule has 0 amide bonds. The molecule has 0 aliphatic carbocycles. The van der Waals surface area contributed by atoms with Crippen LogP contribution in [0.5, 0.6) is 0 Å². The molecule has 0 atom stereocenters. The maximum absolute atomic E-state index is 12.6. The lowest BCUT2D eigenvalue weighted by Gasteiger charge is -2.10. The molecule has 0 unspecified atom stereocenters. The molecule has 4 heterocycles. The van der Waals surface area contributed by atoms with E-state index in [1.165, 1.54) is 11.8 Å². The van der Waals surface area contributed by atoms with Gasteiger partial charge in [0, 0.05) is 51.4 Å². The Morgan fingerprint density at radius 1 is 1.03 bits per heavy atom. The van der Waals surface area contributed by atoms with Crippen LogP contribution in [0.25, 0.3) is 33.6 Å². The Balaban J connectivity index is 1.42. The highest BCUT2D eigenvalue weighted by atomic mass is 35.5. The normalized spacial score (nSPS) is 11.5. The molecule has 0 spiro atoms. The maximum atomic E-state index is 12.6. The predicted molar refractivity (Wildman–Crippen MR) is 139 cm³/mol. The second-order valence-electron chi connectivity index (χ2n) is 8.17. The molecule has 0 fully saturated rings. The van der Waals surface area contributed by atoms with Crippen molar-refractivity contribution in [3.63, 3.8) is 0 Å². The summed E-state index contributed by atoms with van der Waals surface area (Å²) in [5, 5.41) is 11.5. The van der Waals surface area contributed by atoms with Crippen molar-refractivity contribution in [1.29, 1.82) is 0 Å². The number of pyridine rings is 1. The lowest BCUT2D eigenvalue weighted by Crippen LogP contribution is -2.15. The number of nitrogens with one attached hydrogen (secondary N) is 1. The summed E-state index contributed by atoms with van der Waals surface area (Å²) < 4.78 is 3.56. The lowest BCUT2D eigenvalue weighted by atomic mass is 10.1. The molecule has 9 heteroatoms. The van der Waals surface area contributed by atoms with Gasteiger partial charge in [-0.2, -0.15) is 0 Å². The molecule has 0 aliphatic heterocycles. The van der Waals surface area contributed by atoms with Gasteiger partial charge in [0.1, 0.15) is 5.65 Å². The fraction of sp³-hybridized carbons (Fsp3) is 0.0769. The van der Waals surface area contributed by atoms with Gasteiger partial charge in [0.05, 0.1) is 5.69 Å². The van der Waals surface area contributed by atoms with Crippen LogP contribution in [-0.2, 0) is 5.75 Å². The van der Waals surface area contributed by atoms with Crippen LogP contribution < -0.4 is 5.56 Å². The number of aromatic nitrogens is 6. The highest BCUT2D eigenvalue weighted by Gasteiger charge is 2.19. The monoisotopic (exact) mass is 498 g/mol. The Bertz CT molecular complexity index is 1750. The lowest BCUT2D eigenvalue weighted by molar-refractivity contribution is 0.885. The molecule has 0 saturated heterocycles. The number of aromatic amines is 1. The van der Waals surface area contributed by atoms with Crippen LogP contribution >= 0.6 is 23.4 Å². The maximum Gasteiger partial charge on any atom is 0.258 e. The minimum Gasteiger partial charge on any atom is -0.360 e. The van der Waals surface area contributed by atoms with Gasteiger partial charge in [-0.25, -0.2) is 4.98 Å².